The Morgan fingerprint density at radius 1 is 1.05 bits per heavy atom. The van der Waals surface area contributed by atoms with E-state index in [1.54, 1.807) is 6.07 Å². The number of aryl methyl sites for hydroxylation is 2. The molecule has 0 aliphatic carbocycles. The van der Waals surface area contributed by atoms with E-state index >= 15 is 0 Å². The summed E-state index contributed by atoms with van der Waals surface area (Å²) in [6, 6.07) is 1.80. The Morgan fingerprint density at radius 3 is 2.19 bits per heavy atom. The number of nitrogens with two attached hydrogens (primary N) is 1. The van der Waals surface area contributed by atoms with Gasteiger partial charge in [-0.2, -0.15) is 0 Å². The summed E-state index contributed by atoms with van der Waals surface area (Å²) < 4.78 is 0. The van der Waals surface area contributed by atoms with Gasteiger partial charge in [-0.15, -0.1) is 0 Å². The maximum Gasteiger partial charge on any atom is 0.194 e. The van der Waals surface area contributed by atoms with Gasteiger partial charge in [-0.1, -0.05) is 13.8 Å². The minimum absolute atomic E-state index is 0.222. The Balaban J connectivity index is 2.37. The molecule has 112 valence electrons. The third kappa shape index (κ3) is 3.68. The molecule has 0 amide bonds. The number of hydrazine groups is 1. The van der Waals surface area contributed by atoms with E-state index in [-0.39, 0.29) is 5.92 Å². The zero-order valence-electron chi connectivity index (χ0n) is 12.9. The first-order valence-electron chi connectivity index (χ1n) is 6.76. The van der Waals surface area contributed by atoms with E-state index in [0.717, 1.165) is 27.8 Å². The van der Waals surface area contributed by atoms with Gasteiger partial charge in [-0.3, -0.25) is 0 Å². The van der Waals surface area contributed by atoms with E-state index in [0.29, 0.717) is 11.0 Å². The van der Waals surface area contributed by atoms with Gasteiger partial charge in [0.1, 0.15) is 16.7 Å². The van der Waals surface area contributed by atoms with Gasteiger partial charge in [-0.05, 0) is 38.1 Å². The normalized spacial score (nSPS) is 11.0. The van der Waals surface area contributed by atoms with Gasteiger partial charge in [0.15, 0.2) is 5.16 Å². The Bertz CT molecular complexity index is 633. The number of nitrogen functional groups attached to an aromatic ring is 1. The average Bonchev–Trinajstić information content (AvgIpc) is 2.44. The molecule has 2 rings (SSSR count). The molecule has 21 heavy (non-hydrogen) atoms. The van der Waals surface area contributed by atoms with Crippen LogP contribution in [0.3, 0.4) is 0 Å². The standard InChI is InChI=1S/C14H20N6S/c1-7(2)13-18-11(20-15)6-12(19-13)21-14-16-9(4)8(3)10(5)17-14/h6-7H,15H2,1-5H3,(H,18,19,20). The SMILES string of the molecule is Cc1nc(Sc2cc(NN)nc(C(C)C)n2)nc(C)c1C. The summed E-state index contributed by atoms with van der Waals surface area (Å²) in [6.45, 7) is 10.1. The third-order valence-electron chi connectivity index (χ3n) is 3.19. The van der Waals surface area contributed by atoms with Crippen LogP contribution in [0.25, 0.3) is 0 Å². The lowest BCUT2D eigenvalue weighted by molar-refractivity contribution is 0.753. The molecule has 0 aliphatic heterocycles. The molecular formula is C14H20N6S. The van der Waals surface area contributed by atoms with Crippen molar-refractivity contribution in [3.63, 3.8) is 0 Å². The molecule has 3 N–H and O–H groups in total. The van der Waals surface area contributed by atoms with Crippen LogP contribution in [0.5, 0.6) is 0 Å². The molecule has 7 heteroatoms. The van der Waals surface area contributed by atoms with E-state index in [9.17, 15) is 0 Å². The monoisotopic (exact) mass is 304 g/mol. The summed E-state index contributed by atoms with van der Waals surface area (Å²) in [4.78, 5) is 17.9. The zero-order valence-corrected chi connectivity index (χ0v) is 13.7. The molecule has 2 aromatic rings. The Morgan fingerprint density at radius 2 is 1.67 bits per heavy atom. The highest BCUT2D eigenvalue weighted by atomic mass is 32.2. The fourth-order valence-electron chi connectivity index (χ4n) is 1.71. The van der Waals surface area contributed by atoms with Crippen LogP contribution < -0.4 is 11.3 Å². The zero-order chi connectivity index (χ0) is 15.6. The van der Waals surface area contributed by atoms with Crippen molar-refractivity contribution in [3.05, 3.63) is 28.8 Å². The van der Waals surface area contributed by atoms with Crippen molar-refractivity contribution in [2.75, 3.05) is 5.43 Å². The van der Waals surface area contributed by atoms with Crippen LogP contribution in [0.2, 0.25) is 0 Å². The first kappa shape index (κ1) is 15.7. The summed E-state index contributed by atoms with van der Waals surface area (Å²) in [5.41, 5.74) is 5.67. The average molecular weight is 304 g/mol. The highest BCUT2D eigenvalue weighted by Crippen LogP contribution is 2.27. The summed E-state index contributed by atoms with van der Waals surface area (Å²) in [5.74, 6) is 7.03. The van der Waals surface area contributed by atoms with Gasteiger partial charge in [0.05, 0.1) is 0 Å². The molecule has 0 spiro atoms. The molecule has 6 nitrogen and oxygen atoms in total. The number of hydrogen-bond donors (Lipinski definition) is 2. The fourth-order valence-corrected chi connectivity index (χ4v) is 2.57. The molecule has 0 bridgehead atoms. The summed E-state index contributed by atoms with van der Waals surface area (Å²) in [6.07, 6.45) is 0. The molecule has 0 saturated carbocycles. The number of aromatic nitrogens is 4. The van der Waals surface area contributed by atoms with Crippen molar-refractivity contribution in [2.45, 2.75) is 50.7 Å². The van der Waals surface area contributed by atoms with E-state index < -0.39 is 0 Å². The minimum atomic E-state index is 0.222. The molecule has 0 aliphatic rings. The molecular weight excluding hydrogens is 284 g/mol. The van der Waals surface area contributed by atoms with Crippen molar-refractivity contribution in [1.82, 2.24) is 19.9 Å². The van der Waals surface area contributed by atoms with Crippen LogP contribution >= 0.6 is 11.8 Å². The molecule has 0 radical (unpaired) electrons. The van der Waals surface area contributed by atoms with Crippen LogP contribution in [0.15, 0.2) is 16.2 Å². The topological polar surface area (TPSA) is 89.6 Å². The van der Waals surface area contributed by atoms with Crippen LogP contribution in [0.1, 0.15) is 42.5 Å². The second-order valence-electron chi connectivity index (χ2n) is 5.15. The predicted octanol–water partition coefficient (Wildman–Crippen LogP) is 2.75. The highest BCUT2D eigenvalue weighted by molar-refractivity contribution is 7.99. The number of nitrogens with zero attached hydrogens (tertiary/aromatic N) is 4. The third-order valence-corrected chi connectivity index (χ3v) is 3.98. The number of anilines is 1. The molecule has 2 aromatic heterocycles. The van der Waals surface area contributed by atoms with E-state index in [4.69, 9.17) is 5.84 Å². The van der Waals surface area contributed by atoms with Crippen LogP contribution in [-0.4, -0.2) is 19.9 Å². The largest absolute Gasteiger partial charge is 0.308 e. The fraction of sp³-hybridized carbons (Fsp3) is 0.429. The number of nitrogens with one attached hydrogen (secondary N) is 1. The van der Waals surface area contributed by atoms with Crippen LogP contribution in [-0.2, 0) is 0 Å². The van der Waals surface area contributed by atoms with Gasteiger partial charge < -0.3 is 5.43 Å². The first-order chi connectivity index (χ1) is 9.90. The lowest BCUT2D eigenvalue weighted by Gasteiger charge is -2.10. The molecule has 2 heterocycles. The van der Waals surface area contributed by atoms with Crippen LogP contribution in [0.4, 0.5) is 5.82 Å². The molecule has 0 fully saturated rings. The molecule has 0 aromatic carbocycles. The Kier molecular flexibility index (Phi) is 4.74. The first-order valence-corrected chi connectivity index (χ1v) is 7.57. The van der Waals surface area contributed by atoms with Crippen molar-refractivity contribution >= 4 is 17.6 Å². The van der Waals surface area contributed by atoms with Crippen molar-refractivity contribution in [1.29, 1.82) is 0 Å². The Labute approximate surface area is 129 Å². The Hall–Kier alpha value is -1.73. The minimum Gasteiger partial charge on any atom is -0.308 e. The smallest absolute Gasteiger partial charge is 0.194 e. The van der Waals surface area contributed by atoms with Crippen LogP contribution in [0, 0.1) is 20.8 Å². The van der Waals surface area contributed by atoms with Gasteiger partial charge in [-0.25, -0.2) is 25.8 Å². The molecule has 0 saturated heterocycles. The van der Waals surface area contributed by atoms with Gasteiger partial charge in [0.25, 0.3) is 0 Å². The van der Waals surface area contributed by atoms with Gasteiger partial charge >= 0.3 is 0 Å². The quantitative estimate of drug-likeness (QED) is 0.388. The van der Waals surface area contributed by atoms with E-state index in [1.807, 2.05) is 34.6 Å². The molecule has 0 atom stereocenters. The number of hydrogen-bond acceptors (Lipinski definition) is 7. The van der Waals surface area contributed by atoms with Gasteiger partial charge in [0.2, 0.25) is 0 Å². The maximum absolute atomic E-state index is 5.47. The summed E-state index contributed by atoms with van der Waals surface area (Å²) in [7, 11) is 0. The van der Waals surface area contributed by atoms with Crippen molar-refractivity contribution in [2.24, 2.45) is 5.84 Å². The van der Waals surface area contributed by atoms with Crippen molar-refractivity contribution < 1.29 is 0 Å². The number of rotatable bonds is 4. The highest BCUT2D eigenvalue weighted by Gasteiger charge is 2.11. The molecule has 0 unspecified atom stereocenters. The summed E-state index contributed by atoms with van der Waals surface area (Å²) in [5, 5.41) is 1.47. The predicted molar refractivity (Wildman–Crippen MR) is 84.3 cm³/mol. The second kappa shape index (κ2) is 6.36. The lowest BCUT2D eigenvalue weighted by Crippen LogP contribution is -2.11. The van der Waals surface area contributed by atoms with Gasteiger partial charge in [0, 0.05) is 23.4 Å². The second-order valence-corrected chi connectivity index (χ2v) is 6.14. The maximum atomic E-state index is 5.47. The summed E-state index contributed by atoms with van der Waals surface area (Å²) >= 11 is 1.42. The van der Waals surface area contributed by atoms with Crippen molar-refractivity contribution in [3.8, 4) is 0 Å². The lowest BCUT2D eigenvalue weighted by atomic mass is 10.2. The van der Waals surface area contributed by atoms with E-state index in [1.165, 1.54) is 11.8 Å². The van der Waals surface area contributed by atoms with E-state index in [2.05, 4.69) is 25.4 Å².